The molecule has 0 bridgehead atoms. The zero-order valence-corrected chi connectivity index (χ0v) is 28.6. The Balaban J connectivity index is 1.15. The molecule has 0 atom stereocenters. The summed E-state index contributed by atoms with van der Waals surface area (Å²) in [5, 5.41) is 0. The van der Waals surface area contributed by atoms with Gasteiger partial charge in [0.15, 0.2) is 17.5 Å². The standard InChI is InChI=1S/C48H35N3/c1-48(2)43-22-10-9-19-41(43)42-21-12-20-40(44(42)48)38-17-11-18-39(31-38)47-50-45(36-27-23-34(24-28-36)32-13-5-3-6-14-32)49-46(51-47)37-29-25-35(26-30-37)33-15-7-4-8-16-33/h3-31H,1-2H3. The topological polar surface area (TPSA) is 38.7 Å². The van der Waals surface area contributed by atoms with E-state index in [4.69, 9.17) is 15.0 Å². The number of hydrogen-bond acceptors (Lipinski definition) is 3. The van der Waals surface area contributed by atoms with Gasteiger partial charge in [0.2, 0.25) is 0 Å². The maximum atomic E-state index is 5.11. The Labute approximate surface area is 299 Å². The second kappa shape index (κ2) is 12.5. The van der Waals surface area contributed by atoms with Crippen LogP contribution in [-0.4, -0.2) is 15.0 Å². The van der Waals surface area contributed by atoms with E-state index >= 15 is 0 Å². The van der Waals surface area contributed by atoms with Crippen molar-refractivity contribution in [3.63, 3.8) is 0 Å². The molecule has 1 aliphatic carbocycles. The highest BCUT2D eigenvalue weighted by molar-refractivity contribution is 5.89. The third-order valence-electron chi connectivity index (χ3n) is 10.1. The van der Waals surface area contributed by atoms with Gasteiger partial charge in [0.1, 0.15) is 0 Å². The van der Waals surface area contributed by atoms with Crippen molar-refractivity contribution in [2.45, 2.75) is 19.3 Å². The van der Waals surface area contributed by atoms with Crippen molar-refractivity contribution in [3.05, 3.63) is 187 Å². The molecule has 0 saturated heterocycles. The molecule has 0 fully saturated rings. The van der Waals surface area contributed by atoms with E-state index in [9.17, 15) is 0 Å². The van der Waals surface area contributed by atoms with E-state index in [2.05, 4.69) is 178 Å². The fourth-order valence-corrected chi connectivity index (χ4v) is 7.56. The molecule has 51 heavy (non-hydrogen) atoms. The molecule has 0 radical (unpaired) electrons. The van der Waals surface area contributed by atoms with Crippen LogP contribution in [0.1, 0.15) is 25.0 Å². The Kier molecular flexibility index (Phi) is 7.48. The molecule has 8 aromatic rings. The third-order valence-corrected chi connectivity index (χ3v) is 10.1. The first-order chi connectivity index (χ1) is 25.0. The van der Waals surface area contributed by atoms with Crippen molar-refractivity contribution in [3.8, 4) is 78.7 Å². The highest BCUT2D eigenvalue weighted by atomic mass is 15.0. The molecular weight excluding hydrogens is 619 g/mol. The van der Waals surface area contributed by atoms with E-state index in [1.807, 2.05) is 12.1 Å². The minimum absolute atomic E-state index is 0.121. The van der Waals surface area contributed by atoms with Gasteiger partial charge in [-0.15, -0.1) is 0 Å². The lowest BCUT2D eigenvalue weighted by Crippen LogP contribution is -2.16. The van der Waals surface area contributed by atoms with Crippen LogP contribution in [0.4, 0.5) is 0 Å². The molecule has 0 N–H and O–H groups in total. The molecule has 242 valence electrons. The van der Waals surface area contributed by atoms with Gasteiger partial charge in [-0.25, -0.2) is 15.0 Å². The van der Waals surface area contributed by atoms with Crippen molar-refractivity contribution in [2.24, 2.45) is 0 Å². The average Bonchev–Trinajstić information content (AvgIpc) is 3.44. The van der Waals surface area contributed by atoms with Crippen molar-refractivity contribution >= 4 is 0 Å². The number of hydrogen-bond donors (Lipinski definition) is 0. The number of aromatic nitrogens is 3. The Bertz CT molecular complexity index is 2420. The summed E-state index contributed by atoms with van der Waals surface area (Å²) >= 11 is 0. The minimum Gasteiger partial charge on any atom is -0.208 e. The maximum absolute atomic E-state index is 5.11. The number of fused-ring (bicyclic) bond motifs is 3. The highest BCUT2D eigenvalue weighted by Gasteiger charge is 2.37. The van der Waals surface area contributed by atoms with Crippen LogP contribution in [0.25, 0.3) is 78.7 Å². The largest absolute Gasteiger partial charge is 0.208 e. The van der Waals surface area contributed by atoms with Crippen LogP contribution in [0, 0.1) is 0 Å². The maximum Gasteiger partial charge on any atom is 0.164 e. The monoisotopic (exact) mass is 653 g/mol. The summed E-state index contributed by atoms with van der Waals surface area (Å²) in [4.78, 5) is 15.3. The van der Waals surface area contributed by atoms with Crippen LogP contribution in [0.15, 0.2) is 176 Å². The molecule has 3 heteroatoms. The molecule has 0 amide bonds. The van der Waals surface area contributed by atoms with Gasteiger partial charge in [0, 0.05) is 22.1 Å². The SMILES string of the molecule is CC1(C)c2ccccc2-c2cccc(-c3cccc(-c4nc(-c5ccc(-c6ccccc6)cc5)nc(-c5ccc(-c6ccccc6)cc5)n4)c3)c21. The van der Waals surface area contributed by atoms with Crippen molar-refractivity contribution < 1.29 is 0 Å². The molecular formula is C48H35N3. The molecule has 0 saturated carbocycles. The molecule has 1 heterocycles. The summed E-state index contributed by atoms with van der Waals surface area (Å²) in [7, 11) is 0. The Morgan fingerprint density at radius 2 is 0.706 bits per heavy atom. The smallest absolute Gasteiger partial charge is 0.164 e. The van der Waals surface area contributed by atoms with Crippen LogP contribution in [0.3, 0.4) is 0 Å². The predicted molar refractivity (Wildman–Crippen MR) is 210 cm³/mol. The molecule has 0 unspecified atom stereocenters. The summed E-state index contributed by atoms with van der Waals surface area (Å²) in [6.45, 7) is 4.67. The van der Waals surface area contributed by atoms with Crippen LogP contribution >= 0.6 is 0 Å². The van der Waals surface area contributed by atoms with E-state index in [0.29, 0.717) is 17.5 Å². The summed E-state index contributed by atoms with van der Waals surface area (Å²) in [5.41, 5.74) is 15.1. The zero-order valence-electron chi connectivity index (χ0n) is 28.6. The minimum atomic E-state index is -0.121. The van der Waals surface area contributed by atoms with Gasteiger partial charge < -0.3 is 0 Å². The summed E-state index contributed by atoms with van der Waals surface area (Å²) in [5.74, 6) is 1.93. The molecule has 0 aliphatic heterocycles. The van der Waals surface area contributed by atoms with Crippen LogP contribution in [0.5, 0.6) is 0 Å². The molecule has 1 aromatic heterocycles. The van der Waals surface area contributed by atoms with Gasteiger partial charge in [0.25, 0.3) is 0 Å². The number of benzene rings is 7. The second-order valence-corrected chi connectivity index (χ2v) is 13.7. The van der Waals surface area contributed by atoms with Crippen LogP contribution < -0.4 is 0 Å². The van der Waals surface area contributed by atoms with Gasteiger partial charge >= 0.3 is 0 Å². The first kappa shape index (κ1) is 30.6. The molecule has 0 spiro atoms. The van der Waals surface area contributed by atoms with Gasteiger partial charge in [-0.3, -0.25) is 0 Å². The van der Waals surface area contributed by atoms with E-state index in [0.717, 1.165) is 33.4 Å². The van der Waals surface area contributed by atoms with Crippen LogP contribution in [-0.2, 0) is 5.41 Å². The first-order valence-electron chi connectivity index (χ1n) is 17.4. The van der Waals surface area contributed by atoms with Gasteiger partial charge in [-0.2, -0.15) is 0 Å². The quantitative estimate of drug-likeness (QED) is 0.179. The summed E-state index contributed by atoms with van der Waals surface area (Å²) < 4.78 is 0. The van der Waals surface area contributed by atoms with Gasteiger partial charge in [-0.05, 0) is 61.7 Å². The summed E-state index contributed by atoms with van der Waals surface area (Å²) in [6.07, 6.45) is 0. The fourth-order valence-electron chi connectivity index (χ4n) is 7.56. The van der Waals surface area contributed by atoms with Gasteiger partial charge in [0.05, 0.1) is 0 Å². The molecule has 1 aliphatic rings. The zero-order chi connectivity index (χ0) is 34.4. The number of nitrogens with zero attached hydrogens (tertiary/aromatic N) is 3. The fraction of sp³-hybridized carbons (Fsp3) is 0.0625. The lowest BCUT2D eigenvalue weighted by Gasteiger charge is -2.24. The van der Waals surface area contributed by atoms with Crippen LogP contribution in [0.2, 0.25) is 0 Å². The van der Waals surface area contributed by atoms with E-state index in [1.165, 1.54) is 38.9 Å². The predicted octanol–water partition coefficient (Wildman–Crippen LogP) is 12.2. The van der Waals surface area contributed by atoms with E-state index in [-0.39, 0.29) is 5.41 Å². The molecule has 7 aromatic carbocycles. The van der Waals surface area contributed by atoms with Crippen molar-refractivity contribution in [1.29, 1.82) is 0 Å². The average molecular weight is 654 g/mol. The summed E-state index contributed by atoms with van der Waals surface area (Å²) in [6, 6.07) is 61.9. The Morgan fingerprint density at radius 3 is 1.29 bits per heavy atom. The number of rotatable bonds is 6. The highest BCUT2D eigenvalue weighted by Crippen LogP contribution is 2.52. The van der Waals surface area contributed by atoms with Gasteiger partial charge in [-0.1, -0.05) is 184 Å². The molecule has 3 nitrogen and oxygen atoms in total. The first-order valence-corrected chi connectivity index (χ1v) is 17.4. The molecule has 9 rings (SSSR count). The normalized spacial score (nSPS) is 12.7. The van der Waals surface area contributed by atoms with E-state index < -0.39 is 0 Å². The van der Waals surface area contributed by atoms with E-state index in [1.54, 1.807) is 0 Å². The lowest BCUT2D eigenvalue weighted by atomic mass is 9.79. The van der Waals surface area contributed by atoms with Crippen molar-refractivity contribution in [2.75, 3.05) is 0 Å². The Morgan fingerprint density at radius 1 is 0.314 bits per heavy atom. The third kappa shape index (κ3) is 5.53. The Hall–Kier alpha value is -6.45. The van der Waals surface area contributed by atoms with Crippen molar-refractivity contribution in [1.82, 2.24) is 15.0 Å². The second-order valence-electron chi connectivity index (χ2n) is 13.7. The lowest BCUT2D eigenvalue weighted by molar-refractivity contribution is 0.662.